The van der Waals surface area contributed by atoms with Crippen molar-refractivity contribution in [2.45, 2.75) is 163 Å². The van der Waals surface area contributed by atoms with Crippen molar-refractivity contribution < 1.29 is 52.5 Å². The highest BCUT2D eigenvalue weighted by Crippen LogP contribution is 2.37. The number of ether oxygens (including phenoxy) is 3. The lowest BCUT2D eigenvalue weighted by Crippen LogP contribution is -2.58. The zero-order valence-corrected chi connectivity index (χ0v) is 42.1. The highest BCUT2D eigenvalue weighted by Gasteiger charge is 2.32. The standard InChI is InChI=1S/C47H80N7O11P/c1-12-38(63-22-17-16-20-36-18-14-13-15-19-36)27-54(42(56)21-23-64-47(10,11)30-65-46(7,8)9)28-41(55)52-39(24-32(2)3)45(59)53-40(25-37-26-48-31-49-37)44(58)51-35(6)43(57)50-34(5)33(4)29-66(60,61)62/h13-15,18-19,26,31-35,38-40H,12,16-17,20-25,27-30H2,1-11H3,(H,48,49)(H,50,57)(H,51,58)(H,52,55)(H,53,59)(H2,60,61,62)/t33-,34+,35-,38+,39-,40-/m0/s1. The van der Waals surface area contributed by atoms with Crippen molar-refractivity contribution >= 4 is 37.1 Å². The van der Waals surface area contributed by atoms with Crippen LogP contribution in [0.4, 0.5) is 0 Å². The number of nitrogens with one attached hydrogen (secondary N) is 5. The molecule has 0 radical (unpaired) electrons. The van der Waals surface area contributed by atoms with E-state index in [1.165, 1.54) is 29.9 Å². The van der Waals surface area contributed by atoms with Crippen LogP contribution in [0.2, 0.25) is 0 Å². The fourth-order valence-corrected chi connectivity index (χ4v) is 7.82. The third-order valence-electron chi connectivity index (χ3n) is 10.8. The topological polar surface area (TPSA) is 251 Å². The van der Waals surface area contributed by atoms with Gasteiger partial charge >= 0.3 is 7.60 Å². The molecule has 2 rings (SSSR count). The number of nitrogens with zero attached hydrogens (tertiary/aromatic N) is 2. The minimum absolute atomic E-state index is 0.0121. The van der Waals surface area contributed by atoms with Gasteiger partial charge in [0.05, 0.1) is 56.0 Å². The normalized spacial score (nSPS) is 14.9. The molecule has 0 spiro atoms. The maximum absolute atomic E-state index is 14.1. The van der Waals surface area contributed by atoms with E-state index in [0.29, 0.717) is 25.3 Å². The second kappa shape index (κ2) is 28.2. The third-order valence-corrected chi connectivity index (χ3v) is 11.8. The Labute approximate surface area is 392 Å². The average molecular weight is 950 g/mol. The first-order valence-corrected chi connectivity index (χ1v) is 25.0. The summed E-state index contributed by atoms with van der Waals surface area (Å²) in [6.45, 7) is 20.7. The van der Waals surface area contributed by atoms with E-state index >= 15 is 0 Å². The lowest BCUT2D eigenvalue weighted by Gasteiger charge is -2.31. The lowest BCUT2D eigenvalue weighted by molar-refractivity contribution is -0.143. The van der Waals surface area contributed by atoms with E-state index in [-0.39, 0.29) is 62.5 Å². The van der Waals surface area contributed by atoms with E-state index in [4.69, 9.17) is 14.2 Å². The molecule has 18 nitrogen and oxygen atoms in total. The number of imidazole rings is 1. The maximum Gasteiger partial charge on any atom is 0.325 e. The van der Waals surface area contributed by atoms with Gasteiger partial charge in [-0.25, -0.2) is 4.98 Å². The number of carbonyl (C=O) groups excluding carboxylic acids is 5. The van der Waals surface area contributed by atoms with E-state index in [2.05, 4.69) is 43.4 Å². The highest BCUT2D eigenvalue weighted by molar-refractivity contribution is 7.51. The van der Waals surface area contributed by atoms with E-state index in [9.17, 15) is 38.3 Å². The summed E-state index contributed by atoms with van der Waals surface area (Å²) in [4.78, 5) is 95.8. The van der Waals surface area contributed by atoms with Crippen LogP contribution in [0.15, 0.2) is 42.9 Å². The molecule has 0 fully saturated rings. The van der Waals surface area contributed by atoms with Crippen LogP contribution in [0.3, 0.4) is 0 Å². The molecule has 19 heteroatoms. The molecule has 1 aromatic carbocycles. The first-order chi connectivity index (χ1) is 30.8. The van der Waals surface area contributed by atoms with Crippen molar-refractivity contribution in [1.82, 2.24) is 36.1 Å². The van der Waals surface area contributed by atoms with Gasteiger partial charge in [0, 0.05) is 37.5 Å². The maximum atomic E-state index is 14.1. The molecule has 2 aromatic rings. The largest absolute Gasteiger partial charge is 0.376 e. The molecule has 0 bridgehead atoms. The number of unbranched alkanes of at least 4 members (excludes halogenated alkanes) is 1. The van der Waals surface area contributed by atoms with Crippen LogP contribution in [0.1, 0.15) is 120 Å². The minimum Gasteiger partial charge on any atom is -0.376 e. The van der Waals surface area contributed by atoms with Gasteiger partial charge in [-0.2, -0.15) is 0 Å². The smallest absolute Gasteiger partial charge is 0.325 e. The van der Waals surface area contributed by atoms with Gasteiger partial charge in [-0.05, 0) is 98.0 Å². The molecule has 66 heavy (non-hydrogen) atoms. The van der Waals surface area contributed by atoms with Crippen LogP contribution in [-0.2, 0) is 55.6 Å². The molecule has 0 saturated carbocycles. The van der Waals surface area contributed by atoms with Crippen LogP contribution in [-0.4, -0.2) is 135 Å². The number of hydrogen-bond donors (Lipinski definition) is 7. The Kier molecular flexibility index (Phi) is 24.8. The van der Waals surface area contributed by atoms with Gasteiger partial charge in [0.2, 0.25) is 29.5 Å². The summed E-state index contributed by atoms with van der Waals surface area (Å²) in [7, 11) is -4.32. The predicted molar refractivity (Wildman–Crippen MR) is 253 cm³/mol. The van der Waals surface area contributed by atoms with E-state index in [1.807, 2.05) is 73.6 Å². The SMILES string of the molecule is CC[C@H](CN(CC(=O)N[C@@H](CC(C)C)C(=O)N[C@@H](Cc1cnc[nH]1)C(=O)N[C@@H](C)C(=O)N[C@H](C)[C@@H](C)CP(=O)(O)O)C(=O)CCOC(C)(C)COC(C)(C)C)OCCCCc1ccccc1. The Morgan fingerprint density at radius 3 is 2.11 bits per heavy atom. The molecular formula is C47H80N7O11P. The summed E-state index contributed by atoms with van der Waals surface area (Å²) >= 11 is 0. The molecule has 0 saturated heterocycles. The quantitative estimate of drug-likeness (QED) is 0.0410. The number of H-pyrrole nitrogens is 1. The second-order valence-corrected chi connectivity index (χ2v) is 21.0. The van der Waals surface area contributed by atoms with Crippen molar-refractivity contribution in [1.29, 1.82) is 0 Å². The van der Waals surface area contributed by atoms with Gasteiger partial charge in [-0.1, -0.05) is 58.0 Å². The first-order valence-electron chi connectivity index (χ1n) is 23.2. The van der Waals surface area contributed by atoms with Gasteiger partial charge in [-0.3, -0.25) is 28.5 Å². The number of benzene rings is 1. The molecule has 0 aliphatic heterocycles. The molecule has 0 aliphatic carbocycles. The molecular weight excluding hydrogens is 870 g/mol. The number of amides is 5. The third kappa shape index (κ3) is 24.5. The van der Waals surface area contributed by atoms with Crippen LogP contribution >= 0.6 is 7.60 Å². The Balaban J connectivity index is 2.22. The van der Waals surface area contributed by atoms with Crippen molar-refractivity contribution in [3.63, 3.8) is 0 Å². The van der Waals surface area contributed by atoms with Crippen LogP contribution in [0, 0.1) is 11.8 Å². The summed E-state index contributed by atoms with van der Waals surface area (Å²) < 4.78 is 29.8. The zero-order valence-electron chi connectivity index (χ0n) is 41.2. The van der Waals surface area contributed by atoms with E-state index in [1.54, 1.807) is 13.8 Å². The molecule has 1 heterocycles. The summed E-state index contributed by atoms with van der Waals surface area (Å²) in [6.07, 6.45) is 5.55. The molecule has 6 atom stereocenters. The number of aromatic nitrogens is 2. The van der Waals surface area contributed by atoms with Crippen LogP contribution < -0.4 is 21.3 Å². The summed E-state index contributed by atoms with van der Waals surface area (Å²) in [5.74, 6) is -3.46. The first kappa shape index (κ1) is 57.9. The summed E-state index contributed by atoms with van der Waals surface area (Å²) in [5, 5.41) is 10.9. The fraction of sp³-hybridized carbons (Fsp3) is 0.702. The highest BCUT2D eigenvalue weighted by atomic mass is 31.2. The van der Waals surface area contributed by atoms with Gasteiger partial charge in [0.25, 0.3) is 0 Å². The summed E-state index contributed by atoms with van der Waals surface area (Å²) in [6, 6.07) is 6.19. The lowest BCUT2D eigenvalue weighted by atomic mass is 10.0. The van der Waals surface area contributed by atoms with E-state index in [0.717, 1.165) is 19.3 Å². The molecule has 1 aromatic heterocycles. The van der Waals surface area contributed by atoms with E-state index < -0.39 is 73.1 Å². The van der Waals surface area contributed by atoms with Crippen molar-refractivity contribution in [2.24, 2.45) is 11.8 Å². The number of hydrogen-bond acceptors (Lipinski definition) is 10. The minimum atomic E-state index is -4.32. The van der Waals surface area contributed by atoms with Crippen LogP contribution in [0.25, 0.3) is 0 Å². The molecule has 0 unspecified atom stereocenters. The van der Waals surface area contributed by atoms with Crippen molar-refractivity contribution in [2.75, 3.05) is 39.1 Å². The average Bonchev–Trinajstić information content (AvgIpc) is 3.74. The number of aryl methyl sites for hydroxylation is 1. The number of aromatic amines is 1. The molecule has 5 amide bonds. The van der Waals surface area contributed by atoms with Gasteiger partial charge in [0.15, 0.2) is 0 Å². The predicted octanol–water partition coefficient (Wildman–Crippen LogP) is 4.44. The Morgan fingerprint density at radius 2 is 1.52 bits per heavy atom. The van der Waals surface area contributed by atoms with Gasteiger partial charge in [-0.15, -0.1) is 0 Å². The zero-order chi connectivity index (χ0) is 49.7. The number of carbonyl (C=O) groups is 5. The Hall–Kier alpha value is -4.19. The Bertz CT molecular complexity index is 1820. The fourth-order valence-electron chi connectivity index (χ4n) is 6.75. The number of rotatable bonds is 31. The van der Waals surface area contributed by atoms with Crippen LogP contribution in [0.5, 0.6) is 0 Å². The molecule has 0 aliphatic rings. The Morgan fingerprint density at radius 1 is 0.848 bits per heavy atom. The van der Waals surface area contributed by atoms with Crippen molar-refractivity contribution in [3.05, 3.63) is 54.1 Å². The molecule has 374 valence electrons. The summed E-state index contributed by atoms with van der Waals surface area (Å²) in [5.41, 5.74) is 0.722. The van der Waals surface area contributed by atoms with Gasteiger partial charge in [0.1, 0.15) is 18.1 Å². The molecule has 7 N–H and O–H groups in total. The van der Waals surface area contributed by atoms with Crippen molar-refractivity contribution in [3.8, 4) is 0 Å². The monoisotopic (exact) mass is 950 g/mol. The van der Waals surface area contributed by atoms with Gasteiger partial charge < -0.3 is 55.1 Å². The second-order valence-electron chi connectivity index (χ2n) is 19.3.